The van der Waals surface area contributed by atoms with E-state index in [9.17, 15) is 24.2 Å². The van der Waals surface area contributed by atoms with E-state index in [1.807, 2.05) is 0 Å². The third-order valence-electron chi connectivity index (χ3n) is 2.31. The Labute approximate surface area is 96.7 Å². The van der Waals surface area contributed by atoms with Crippen molar-refractivity contribution in [3.8, 4) is 0 Å². The highest BCUT2D eigenvalue weighted by atomic mass is 19.1. The summed E-state index contributed by atoms with van der Waals surface area (Å²) in [5, 5.41) is 18.8. The molecule has 0 heterocycles. The average Bonchev–Trinajstić information content (AvgIpc) is 2.27. The molecule has 1 amide bonds. The number of nitrogens with two attached hydrogens (primary N) is 1. The number of carbonyl (C=O) groups is 2. The highest BCUT2D eigenvalue weighted by molar-refractivity contribution is 5.94. The Hall–Kier alpha value is -1.79. The molecule has 0 aromatic heterocycles. The lowest BCUT2D eigenvalue weighted by Gasteiger charge is -2.16. The predicted octanol–water partition coefficient (Wildman–Crippen LogP) is -0.0921. The zero-order valence-electron chi connectivity index (χ0n) is 9.05. The molecular weight excluding hydrogens is 229 g/mol. The summed E-state index contributed by atoms with van der Waals surface area (Å²) < 4.78 is 13.4. The SMILES string of the molecule is CC(=O)c1ccc(F)c(C(O)C(O)C(N)=O)c1. The molecule has 17 heavy (non-hydrogen) atoms. The van der Waals surface area contributed by atoms with E-state index in [0.29, 0.717) is 0 Å². The van der Waals surface area contributed by atoms with Crippen LogP contribution in [0.4, 0.5) is 4.39 Å². The maximum absolute atomic E-state index is 13.4. The van der Waals surface area contributed by atoms with E-state index in [-0.39, 0.29) is 16.9 Å². The summed E-state index contributed by atoms with van der Waals surface area (Å²) in [5.74, 6) is -2.33. The number of aliphatic hydroxyl groups excluding tert-OH is 2. The summed E-state index contributed by atoms with van der Waals surface area (Å²) in [6, 6.07) is 3.29. The van der Waals surface area contributed by atoms with Gasteiger partial charge in [0.05, 0.1) is 0 Å². The fourth-order valence-corrected chi connectivity index (χ4v) is 1.32. The normalized spacial score (nSPS) is 14.1. The number of amides is 1. The number of hydrogen-bond donors (Lipinski definition) is 3. The fourth-order valence-electron chi connectivity index (χ4n) is 1.32. The molecule has 0 radical (unpaired) electrons. The predicted molar refractivity (Wildman–Crippen MR) is 56.6 cm³/mol. The molecule has 0 spiro atoms. The van der Waals surface area contributed by atoms with Crippen LogP contribution in [0.1, 0.15) is 28.9 Å². The molecule has 0 aliphatic carbocycles. The van der Waals surface area contributed by atoms with Crippen molar-refractivity contribution in [1.82, 2.24) is 0 Å². The van der Waals surface area contributed by atoms with E-state index in [1.165, 1.54) is 13.0 Å². The van der Waals surface area contributed by atoms with Crippen molar-refractivity contribution in [2.45, 2.75) is 19.1 Å². The van der Waals surface area contributed by atoms with Gasteiger partial charge in [-0.05, 0) is 25.1 Å². The van der Waals surface area contributed by atoms with E-state index in [4.69, 9.17) is 5.73 Å². The van der Waals surface area contributed by atoms with Gasteiger partial charge in [0.2, 0.25) is 5.91 Å². The van der Waals surface area contributed by atoms with Gasteiger partial charge in [-0.1, -0.05) is 0 Å². The van der Waals surface area contributed by atoms with E-state index >= 15 is 0 Å². The van der Waals surface area contributed by atoms with Crippen LogP contribution in [-0.4, -0.2) is 28.0 Å². The standard InChI is InChI=1S/C11H12FNO4/c1-5(14)6-2-3-8(12)7(4-6)9(15)10(16)11(13)17/h2-4,9-10,15-16H,1H3,(H2,13,17). The highest BCUT2D eigenvalue weighted by Crippen LogP contribution is 2.22. The van der Waals surface area contributed by atoms with Crippen molar-refractivity contribution in [3.63, 3.8) is 0 Å². The number of rotatable bonds is 4. The summed E-state index contributed by atoms with van der Waals surface area (Å²) in [6.45, 7) is 1.27. The van der Waals surface area contributed by atoms with Crippen molar-refractivity contribution in [3.05, 3.63) is 35.1 Å². The van der Waals surface area contributed by atoms with Crippen LogP contribution in [0.15, 0.2) is 18.2 Å². The van der Waals surface area contributed by atoms with E-state index < -0.39 is 23.9 Å². The lowest BCUT2D eigenvalue weighted by molar-refractivity contribution is -0.132. The molecule has 4 N–H and O–H groups in total. The van der Waals surface area contributed by atoms with Crippen LogP contribution >= 0.6 is 0 Å². The van der Waals surface area contributed by atoms with Gasteiger partial charge >= 0.3 is 0 Å². The minimum atomic E-state index is -1.92. The van der Waals surface area contributed by atoms with Gasteiger partial charge < -0.3 is 15.9 Å². The number of benzene rings is 1. The number of primary amides is 1. The first-order valence-corrected chi connectivity index (χ1v) is 4.80. The number of carbonyl (C=O) groups excluding carboxylic acids is 2. The molecule has 1 rings (SSSR count). The number of aliphatic hydroxyl groups is 2. The van der Waals surface area contributed by atoms with Crippen LogP contribution < -0.4 is 5.73 Å². The van der Waals surface area contributed by atoms with Crippen LogP contribution in [0.25, 0.3) is 0 Å². The molecule has 1 aromatic carbocycles. The fraction of sp³-hybridized carbons (Fsp3) is 0.273. The second kappa shape index (κ2) is 5.03. The molecule has 92 valence electrons. The van der Waals surface area contributed by atoms with Crippen LogP contribution in [0.2, 0.25) is 0 Å². The Morgan fingerprint density at radius 1 is 1.35 bits per heavy atom. The quantitative estimate of drug-likeness (QED) is 0.641. The molecule has 0 saturated carbocycles. The monoisotopic (exact) mass is 241 g/mol. The Morgan fingerprint density at radius 2 is 1.94 bits per heavy atom. The van der Waals surface area contributed by atoms with E-state index in [0.717, 1.165) is 12.1 Å². The van der Waals surface area contributed by atoms with Gasteiger partial charge in [-0.2, -0.15) is 0 Å². The first kappa shape index (κ1) is 13.3. The van der Waals surface area contributed by atoms with Crippen molar-refractivity contribution in [2.75, 3.05) is 0 Å². The van der Waals surface area contributed by atoms with Gasteiger partial charge in [0.25, 0.3) is 0 Å². The molecule has 5 nitrogen and oxygen atoms in total. The second-order valence-electron chi connectivity index (χ2n) is 3.58. The molecule has 2 atom stereocenters. The number of hydrogen-bond acceptors (Lipinski definition) is 4. The van der Waals surface area contributed by atoms with E-state index in [2.05, 4.69) is 0 Å². The largest absolute Gasteiger partial charge is 0.385 e. The van der Waals surface area contributed by atoms with Gasteiger partial charge in [0, 0.05) is 11.1 Å². The van der Waals surface area contributed by atoms with Crippen molar-refractivity contribution >= 4 is 11.7 Å². The van der Waals surface area contributed by atoms with Gasteiger partial charge in [0.15, 0.2) is 11.9 Å². The molecule has 6 heteroatoms. The first-order valence-electron chi connectivity index (χ1n) is 4.80. The van der Waals surface area contributed by atoms with Crippen LogP contribution in [0.5, 0.6) is 0 Å². The van der Waals surface area contributed by atoms with E-state index in [1.54, 1.807) is 0 Å². The third kappa shape index (κ3) is 2.86. The van der Waals surface area contributed by atoms with Gasteiger partial charge in [-0.25, -0.2) is 4.39 Å². The minimum Gasteiger partial charge on any atom is -0.385 e. The lowest BCUT2D eigenvalue weighted by atomic mass is 9.99. The van der Waals surface area contributed by atoms with Crippen molar-refractivity contribution in [2.24, 2.45) is 5.73 Å². The zero-order chi connectivity index (χ0) is 13.2. The molecule has 0 aliphatic rings. The van der Waals surface area contributed by atoms with Gasteiger partial charge in [-0.3, -0.25) is 9.59 Å². The molecule has 0 fully saturated rings. The third-order valence-corrected chi connectivity index (χ3v) is 2.31. The molecule has 0 aliphatic heterocycles. The van der Waals surface area contributed by atoms with Crippen LogP contribution in [-0.2, 0) is 4.79 Å². The maximum Gasteiger partial charge on any atom is 0.249 e. The Morgan fingerprint density at radius 3 is 2.41 bits per heavy atom. The average molecular weight is 241 g/mol. The van der Waals surface area contributed by atoms with Gasteiger partial charge in [0.1, 0.15) is 11.9 Å². The van der Waals surface area contributed by atoms with Crippen molar-refractivity contribution < 1.29 is 24.2 Å². The summed E-state index contributed by atoms with van der Waals surface area (Å²) >= 11 is 0. The minimum absolute atomic E-state index is 0.164. The Bertz CT molecular complexity index is 461. The first-order chi connectivity index (χ1) is 7.84. The smallest absolute Gasteiger partial charge is 0.249 e. The van der Waals surface area contributed by atoms with Gasteiger partial charge in [-0.15, -0.1) is 0 Å². The number of Topliss-reactive ketones (excluding diaryl/α,β-unsaturated/α-hetero) is 1. The number of halogens is 1. The van der Waals surface area contributed by atoms with Crippen LogP contribution in [0, 0.1) is 5.82 Å². The van der Waals surface area contributed by atoms with Crippen molar-refractivity contribution in [1.29, 1.82) is 0 Å². The molecule has 0 bridgehead atoms. The summed E-state index contributed by atoms with van der Waals surface area (Å²) in [7, 11) is 0. The molecule has 0 saturated heterocycles. The Kier molecular flexibility index (Phi) is 3.93. The highest BCUT2D eigenvalue weighted by Gasteiger charge is 2.26. The number of ketones is 1. The molecule has 2 unspecified atom stereocenters. The molecular formula is C11H12FNO4. The maximum atomic E-state index is 13.4. The second-order valence-corrected chi connectivity index (χ2v) is 3.58. The zero-order valence-corrected chi connectivity index (χ0v) is 9.05. The summed E-state index contributed by atoms with van der Waals surface area (Å²) in [6.07, 6.45) is -3.72. The topological polar surface area (TPSA) is 101 Å². The molecule has 1 aromatic rings. The Balaban J connectivity index is 3.16. The van der Waals surface area contributed by atoms with Crippen LogP contribution in [0.3, 0.4) is 0 Å². The summed E-state index contributed by atoms with van der Waals surface area (Å²) in [5.41, 5.74) is 4.60. The summed E-state index contributed by atoms with van der Waals surface area (Å²) in [4.78, 5) is 21.7. The lowest BCUT2D eigenvalue weighted by Crippen LogP contribution is -2.34.